The second-order valence-electron chi connectivity index (χ2n) is 18.1. The third-order valence-corrected chi connectivity index (χ3v) is 11.8. The quantitative estimate of drug-likeness (QED) is 0.0262. The van der Waals surface area contributed by atoms with Gasteiger partial charge in [0.05, 0.1) is 0 Å². The Kier molecular flexibility index (Phi) is 50.4. The zero-order valence-corrected chi connectivity index (χ0v) is 42.3. The molecule has 0 bridgehead atoms. The highest BCUT2D eigenvalue weighted by Gasteiger charge is 2.19. The average Bonchev–Trinajstić information content (AvgIpc) is 3.29. The molecule has 370 valence electrons. The summed E-state index contributed by atoms with van der Waals surface area (Å²) in [5.41, 5.74) is 0. The largest absolute Gasteiger partial charge is 0.462 e. The summed E-state index contributed by atoms with van der Waals surface area (Å²) in [6, 6.07) is 0. The van der Waals surface area contributed by atoms with Gasteiger partial charge in [0, 0.05) is 19.3 Å². The van der Waals surface area contributed by atoms with Crippen LogP contribution in [0.25, 0.3) is 0 Å². The molecule has 0 aliphatic heterocycles. The van der Waals surface area contributed by atoms with E-state index in [9.17, 15) is 14.4 Å². The number of carbonyl (C=O) groups excluding carboxylic acids is 3. The minimum Gasteiger partial charge on any atom is -0.462 e. The van der Waals surface area contributed by atoms with Crippen LogP contribution in [0.2, 0.25) is 0 Å². The van der Waals surface area contributed by atoms with Gasteiger partial charge in [0.1, 0.15) is 13.2 Å². The molecule has 0 aromatic carbocycles. The molecular formula is C58H102O6. The van der Waals surface area contributed by atoms with Crippen molar-refractivity contribution >= 4 is 17.9 Å². The van der Waals surface area contributed by atoms with Crippen LogP contribution < -0.4 is 0 Å². The summed E-state index contributed by atoms with van der Waals surface area (Å²) in [4.78, 5) is 38.0. The first-order valence-electron chi connectivity index (χ1n) is 27.3. The van der Waals surface area contributed by atoms with E-state index in [0.29, 0.717) is 19.3 Å². The lowest BCUT2D eigenvalue weighted by molar-refractivity contribution is -0.166. The molecule has 0 heterocycles. The summed E-state index contributed by atoms with van der Waals surface area (Å²) in [5, 5.41) is 0. The number of rotatable bonds is 49. The highest BCUT2D eigenvalue weighted by atomic mass is 16.6. The molecule has 6 heteroatoms. The van der Waals surface area contributed by atoms with E-state index >= 15 is 0 Å². The van der Waals surface area contributed by atoms with E-state index in [2.05, 4.69) is 75.5 Å². The van der Waals surface area contributed by atoms with E-state index in [1.165, 1.54) is 141 Å². The lowest BCUT2D eigenvalue weighted by Crippen LogP contribution is -2.30. The molecule has 0 aliphatic carbocycles. The van der Waals surface area contributed by atoms with Gasteiger partial charge in [-0.2, -0.15) is 0 Å². The number of allylic oxidation sites excluding steroid dienone is 10. The van der Waals surface area contributed by atoms with Crippen LogP contribution in [0, 0.1) is 0 Å². The van der Waals surface area contributed by atoms with Gasteiger partial charge in [-0.05, 0) is 70.6 Å². The summed E-state index contributed by atoms with van der Waals surface area (Å²) in [7, 11) is 0. The first-order valence-corrected chi connectivity index (χ1v) is 27.3. The van der Waals surface area contributed by atoms with Gasteiger partial charge in [-0.1, -0.05) is 242 Å². The molecule has 0 aromatic heterocycles. The summed E-state index contributed by atoms with van der Waals surface area (Å²) in [6.45, 7) is 6.47. The van der Waals surface area contributed by atoms with Crippen molar-refractivity contribution in [3.63, 3.8) is 0 Å². The monoisotopic (exact) mass is 895 g/mol. The minimum absolute atomic E-state index is 0.0983. The highest BCUT2D eigenvalue weighted by molar-refractivity contribution is 5.71. The molecular weight excluding hydrogens is 793 g/mol. The normalized spacial score (nSPS) is 12.5. The van der Waals surface area contributed by atoms with Gasteiger partial charge < -0.3 is 14.2 Å². The molecule has 0 rings (SSSR count). The van der Waals surface area contributed by atoms with Gasteiger partial charge >= 0.3 is 17.9 Å². The zero-order valence-electron chi connectivity index (χ0n) is 42.3. The number of ether oxygens (including phenoxy) is 3. The van der Waals surface area contributed by atoms with Crippen molar-refractivity contribution in [1.82, 2.24) is 0 Å². The lowest BCUT2D eigenvalue weighted by atomic mass is 10.0. The van der Waals surface area contributed by atoms with Crippen molar-refractivity contribution in [2.24, 2.45) is 0 Å². The van der Waals surface area contributed by atoms with Gasteiger partial charge in [0.2, 0.25) is 0 Å². The maximum absolute atomic E-state index is 12.8. The molecule has 0 amide bonds. The fourth-order valence-electron chi connectivity index (χ4n) is 7.69. The predicted molar refractivity (Wildman–Crippen MR) is 275 cm³/mol. The van der Waals surface area contributed by atoms with Crippen molar-refractivity contribution in [2.75, 3.05) is 13.2 Å². The van der Waals surface area contributed by atoms with Crippen LogP contribution in [0.5, 0.6) is 0 Å². The molecule has 0 spiro atoms. The van der Waals surface area contributed by atoms with E-state index < -0.39 is 6.10 Å². The molecule has 0 fully saturated rings. The first kappa shape index (κ1) is 61.1. The van der Waals surface area contributed by atoms with Gasteiger partial charge in [0.25, 0.3) is 0 Å². The fourth-order valence-corrected chi connectivity index (χ4v) is 7.69. The molecule has 64 heavy (non-hydrogen) atoms. The number of esters is 3. The summed E-state index contributed by atoms with van der Waals surface area (Å²) < 4.78 is 16.7. The fraction of sp³-hybridized carbons (Fsp3) is 0.776. The lowest BCUT2D eigenvalue weighted by Gasteiger charge is -2.18. The van der Waals surface area contributed by atoms with Crippen LogP contribution in [0.1, 0.15) is 271 Å². The SMILES string of the molecule is CC/C=C\C/C=C\C/C=C\CCCCCCC(=O)OC(COC(=O)CC/C=C\C/C=C\CCCCCCCC)COC(=O)CCCCCCCCCCCCCCCCCCCCC. The van der Waals surface area contributed by atoms with Crippen LogP contribution in [0.15, 0.2) is 60.8 Å². The average molecular weight is 895 g/mol. The molecule has 6 nitrogen and oxygen atoms in total. The molecule has 1 atom stereocenters. The molecule has 1 unspecified atom stereocenters. The van der Waals surface area contributed by atoms with E-state index in [1.807, 2.05) is 6.08 Å². The van der Waals surface area contributed by atoms with Crippen molar-refractivity contribution in [3.8, 4) is 0 Å². The third-order valence-electron chi connectivity index (χ3n) is 11.8. The van der Waals surface area contributed by atoms with Crippen molar-refractivity contribution in [2.45, 2.75) is 277 Å². The Morgan fingerprint density at radius 3 is 1.05 bits per heavy atom. The number of unbranched alkanes of at least 4 members (excludes halogenated alkanes) is 28. The molecule has 0 N–H and O–H groups in total. The van der Waals surface area contributed by atoms with Crippen LogP contribution in [-0.2, 0) is 28.6 Å². The molecule has 0 saturated heterocycles. The van der Waals surface area contributed by atoms with Gasteiger partial charge in [-0.15, -0.1) is 0 Å². The number of hydrogen-bond donors (Lipinski definition) is 0. The van der Waals surface area contributed by atoms with E-state index in [1.54, 1.807) is 0 Å². The zero-order chi connectivity index (χ0) is 46.5. The Morgan fingerprint density at radius 1 is 0.328 bits per heavy atom. The maximum atomic E-state index is 12.8. The van der Waals surface area contributed by atoms with Crippen molar-refractivity contribution < 1.29 is 28.6 Å². The smallest absolute Gasteiger partial charge is 0.306 e. The van der Waals surface area contributed by atoms with E-state index in [-0.39, 0.29) is 37.5 Å². The minimum atomic E-state index is -0.806. The van der Waals surface area contributed by atoms with Crippen molar-refractivity contribution in [3.05, 3.63) is 60.8 Å². The highest BCUT2D eigenvalue weighted by Crippen LogP contribution is 2.16. The molecule has 0 saturated carbocycles. The van der Waals surface area contributed by atoms with E-state index in [0.717, 1.165) is 83.5 Å². The second-order valence-corrected chi connectivity index (χ2v) is 18.1. The Hall–Kier alpha value is -2.89. The molecule has 0 aliphatic rings. The van der Waals surface area contributed by atoms with Gasteiger partial charge in [0.15, 0.2) is 6.10 Å². The first-order chi connectivity index (χ1) is 31.5. The summed E-state index contributed by atoms with van der Waals surface area (Å²) >= 11 is 0. The van der Waals surface area contributed by atoms with Crippen molar-refractivity contribution in [1.29, 1.82) is 0 Å². The number of carbonyl (C=O) groups is 3. The maximum Gasteiger partial charge on any atom is 0.306 e. The van der Waals surface area contributed by atoms with Crippen LogP contribution in [0.4, 0.5) is 0 Å². The van der Waals surface area contributed by atoms with Crippen LogP contribution in [0.3, 0.4) is 0 Å². The second kappa shape index (κ2) is 52.7. The summed E-state index contributed by atoms with van der Waals surface area (Å²) in [6.07, 6.45) is 65.1. The van der Waals surface area contributed by atoms with Crippen LogP contribution in [-0.4, -0.2) is 37.2 Å². The standard InChI is InChI=1S/C58H102O6/c1-4-7-10-13-16-19-22-25-27-28-29-30-31-34-36-39-42-45-48-51-57(60)63-54-55(53-62-56(59)50-47-44-41-38-35-32-24-21-18-15-12-9-6-3)64-58(61)52-49-46-43-40-37-33-26-23-20-17-14-11-8-5-2/h8,11,17,20,26,32-33,35,41,44,55H,4-7,9-10,12-16,18-19,21-25,27-31,34,36-40,42-43,45-54H2,1-3H3/b11-8-,20-17-,33-26-,35-32-,44-41-. The van der Waals surface area contributed by atoms with Crippen LogP contribution >= 0.6 is 0 Å². The topological polar surface area (TPSA) is 78.9 Å². The Bertz CT molecular complexity index is 1170. The Morgan fingerprint density at radius 2 is 0.641 bits per heavy atom. The Labute approximate surface area is 396 Å². The van der Waals surface area contributed by atoms with E-state index in [4.69, 9.17) is 14.2 Å². The molecule has 0 radical (unpaired) electrons. The Balaban J connectivity index is 4.39. The third kappa shape index (κ3) is 50.1. The molecule has 0 aromatic rings. The van der Waals surface area contributed by atoms with Gasteiger partial charge in [-0.3, -0.25) is 14.4 Å². The predicted octanol–water partition coefficient (Wildman–Crippen LogP) is 18.0. The van der Waals surface area contributed by atoms with Gasteiger partial charge in [-0.25, -0.2) is 0 Å². The number of hydrogen-bond acceptors (Lipinski definition) is 6. The summed E-state index contributed by atoms with van der Waals surface area (Å²) in [5.74, 6) is -0.984.